The van der Waals surface area contributed by atoms with E-state index in [4.69, 9.17) is 4.74 Å². The van der Waals surface area contributed by atoms with Gasteiger partial charge in [0.25, 0.3) is 0 Å². The maximum atomic E-state index is 11.4. The first-order chi connectivity index (χ1) is 8.56. The number of aliphatic carboxylic acids is 1. The molecule has 1 fully saturated rings. The maximum Gasteiger partial charge on any atom is 0.329 e. The van der Waals surface area contributed by atoms with Crippen molar-refractivity contribution >= 4 is 11.7 Å². The molecule has 0 amide bonds. The summed E-state index contributed by atoms with van der Waals surface area (Å²) in [5.74, 6) is 0.170. The number of carboxylic acids is 1. The number of benzene rings is 1. The van der Waals surface area contributed by atoms with Crippen molar-refractivity contribution in [3.63, 3.8) is 0 Å². The number of nitrogens with one attached hydrogen (secondary N) is 1. The number of hydrogen-bond acceptors (Lipinski definition) is 3. The molecule has 0 heterocycles. The molecule has 0 spiro atoms. The molecular weight excluding hydrogens is 230 g/mol. The van der Waals surface area contributed by atoms with Crippen molar-refractivity contribution in [3.05, 3.63) is 24.3 Å². The standard InChI is InChI=1S/C14H19NO3/c1-3-18-12-6-4-5-11(9-12)15-14(2,13(16)17)10-7-8-10/h4-6,9-10,15H,3,7-8H2,1-2H3,(H,16,17). The Balaban J connectivity index is 2.16. The lowest BCUT2D eigenvalue weighted by atomic mass is 9.95. The molecule has 1 aromatic carbocycles. The molecule has 18 heavy (non-hydrogen) atoms. The molecule has 0 bridgehead atoms. The second-order valence-electron chi connectivity index (χ2n) is 4.87. The zero-order valence-electron chi connectivity index (χ0n) is 10.8. The number of rotatable bonds is 6. The van der Waals surface area contributed by atoms with Crippen LogP contribution < -0.4 is 10.1 Å². The molecule has 0 radical (unpaired) electrons. The van der Waals surface area contributed by atoms with Crippen molar-refractivity contribution in [3.8, 4) is 5.75 Å². The molecule has 1 aliphatic rings. The summed E-state index contributed by atoms with van der Waals surface area (Å²) in [4.78, 5) is 11.4. The van der Waals surface area contributed by atoms with Gasteiger partial charge in [-0.2, -0.15) is 0 Å². The van der Waals surface area contributed by atoms with Gasteiger partial charge in [-0.1, -0.05) is 6.07 Å². The van der Waals surface area contributed by atoms with Crippen LogP contribution in [0.25, 0.3) is 0 Å². The highest BCUT2D eigenvalue weighted by Gasteiger charge is 2.47. The van der Waals surface area contributed by atoms with E-state index >= 15 is 0 Å². The first-order valence-corrected chi connectivity index (χ1v) is 6.30. The molecule has 2 N–H and O–H groups in total. The van der Waals surface area contributed by atoms with E-state index in [0.29, 0.717) is 6.61 Å². The largest absolute Gasteiger partial charge is 0.494 e. The fraction of sp³-hybridized carbons (Fsp3) is 0.500. The van der Waals surface area contributed by atoms with Crippen LogP contribution >= 0.6 is 0 Å². The molecule has 1 aliphatic carbocycles. The first-order valence-electron chi connectivity index (χ1n) is 6.30. The number of anilines is 1. The van der Waals surface area contributed by atoms with Gasteiger partial charge in [0, 0.05) is 11.8 Å². The van der Waals surface area contributed by atoms with Crippen molar-refractivity contribution in [2.75, 3.05) is 11.9 Å². The van der Waals surface area contributed by atoms with E-state index in [1.807, 2.05) is 31.2 Å². The van der Waals surface area contributed by atoms with Gasteiger partial charge in [-0.3, -0.25) is 0 Å². The van der Waals surface area contributed by atoms with Crippen LogP contribution in [0, 0.1) is 5.92 Å². The molecule has 1 unspecified atom stereocenters. The van der Waals surface area contributed by atoms with Crippen LogP contribution in [0.2, 0.25) is 0 Å². The maximum absolute atomic E-state index is 11.4. The Morgan fingerprint density at radius 2 is 2.28 bits per heavy atom. The van der Waals surface area contributed by atoms with Crippen LogP contribution in [-0.2, 0) is 4.79 Å². The Hall–Kier alpha value is -1.71. The number of carboxylic acid groups (broad SMARTS) is 1. The molecule has 98 valence electrons. The van der Waals surface area contributed by atoms with Crippen molar-refractivity contribution in [2.24, 2.45) is 5.92 Å². The quantitative estimate of drug-likeness (QED) is 0.814. The molecule has 4 nitrogen and oxygen atoms in total. The van der Waals surface area contributed by atoms with Gasteiger partial charge < -0.3 is 15.2 Å². The molecular formula is C14H19NO3. The second-order valence-corrected chi connectivity index (χ2v) is 4.87. The Kier molecular flexibility index (Phi) is 3.45. The van der Waals surface area contributed by atoms with Crippen LogP contribution in [0.4, 0.5) is 5.69 Å². The van der Waals surface area contributed by atoms with E-state index in [1.165, 1.54) is 0 Å². The van der Waals surface area contributed by atoms with Crippen molar-refractivity contribution in [2.45, 2.75) is 32.2 Å². The molecule has 0 aromatic heterocycles. The predicted octanol–water partition coefficient (Wildman–Crippen LogP) is 2.75. The fourth-order valence-electron chi connectivity index (χ4n) is 2.12. The van der Waals surface area contributed by atoms with Crippen LogP contribution in [0.1, 0.15) is 26.7 Å². The predicted molar refractivity (Wildman–Crippen MR) is 70.0 cm³/mol. The third-order valence-corrected chi connectivity index (χ3v) is 3.39. The van der Waals surface area contributed by atoms with Crippen molar-refractivity contribution < 1.29 is 14.6 Å². The van der Waals surface area contributed by atoms with Gasteiger partial charge in [0.1, 0.15) is 11.3 Å². The van der Waals surface area contributed by atoms with Gasteiger partial charge in [0.15, 0.2) is 0 Å². The lowest BCUT2D eigenvalue weighted by molar-refractivity contribution is -0.142. The summed E-state index contributed by atoms with van der Waals surface area (Å²) >= 11 is 0. The third kappa shape index (κ3) is 2.58. The average molecular weight is 249 g/mol. The molecule has 2 rings (SSSR count). The van der Waals surface area contributed by atoms with Crippen LogP contribution in [0.3, 0.4) is 0 Å². The lowest BCUT2D eigenvalue weighted by Gasteiger charge is -2.27. The zero-order chi connectivity index (χ0) is 13.2. The molecule has 4 heteroatoms. The topological polar surface area (TPSA) is 58.6 Å². The highest BCUT2D eigenvalue weighted by Crippen LogP contribution is 2.41. The minimum atomic E-state index is -0.884. The van der Waals surface area contributed by atoms with Gasteiger partial charge in [-0.15, -0.1) is 0 Å². The Morgan fingerprint density at radius 3 is 2.83 bits per heavy atom. The highest BCUT2D eigenvalue weighted by molar-refractivity contribution is 5.83. The van der Waals surface area contributed by atoms with E-state index in [1.54, 1.807) is 6.92 Å². The summed E-state index contributed by atoms with van der Waals surface area (Å²) in [5.41, 5.74) is -0.0945. The summed E-state index contributed by atoms with van der Waals surface area (Å²) in [7, 11) is 0. The summed E-state index contributed by atoms with van der Waals surface area (Å²) in [6, 6.07) is 7.44. The molecule has 1 saturated carbocycles. The number of carbonyl (C=O) groups is 1. The van der Waals surface area contributed by atoms with Gasteiger partial charge in [0.2, 0.25) is 0 Å². The first kappa shape index (κ1) is 12.7. The van der Waals surface area contributed by atoms with Crippen molar-refractivity contribution in [1.29, 1.82) is 0 Å². The van der Waals surface area contributed by atoms with Gasteiger partial charge in [-0.25, -0.2) is 4.79 Å². The fourth-order valence-corrected chi connectivity index (χ4v) is 2.12. The Morgan fingerprint density at radius 1 is 1.56 bits per heavy atom. The lowest BCUT2D eigenvalue weighted by Crippen LogP contribution is -2.45. The average Bonchev–Trinajstić information content (AvgIpc) is 3.13. The van der Waals surface area contributed by atoms with E-state index in [9.17, 15) is 9.90 Å². The smallest absolute Gasteiger partial charge is 0.329 e. The van der Waals surface area contributed by atoms with E-state index in [0.717, 1.165) is 24.3 Å². The number of hydrogen-bond donors (Lipinski definition) is 2. The second kappa shape index (κ2) is 4.88. The van der Waals surface area contributed by atoms with Gasteiger partial charge in [-0.05, 0) is 44.7 Å². The minimum Gasteiger partial charge on any atom is -0.494 e. The SMILES string of the molecule is CCOc1cccc(NC(C)(C(=O)O)C2CC2)c1. The summed E-state index contributed by atoms with van der Waals surface area (Å²) in [6.07, 6.45) is 1.95. The highest BCUT2D eigenvalue weighted by atomic mass is 16.5. The van der Waals surface area contributed by atoms with Gasteiger partial charge >= 0.3 is 5.97 Å². The Bertz CT molecular complexity index is 442. The molecule has 0 aliphatic heterocycles. The third-order valence-electron chi connectivity index (χ3n) is 3.39. The van der Waals surface area contributed by atoms with E-state index in [-0.39, 0.29) is 5.92 Å². The summed E-state index contributed by atoms with van der Waals surface area (Å²) in [6.45, 7) is 4.27. The van der Waals surface area contributed by atoms with Crippen LogP contribution in [0.5, 0.6) is 5.75 Å². The van der Waals surface area contributed by atoms with Crippen LogP contribution in [-0.4, -0.2) is 23.2 Å². The summed E-state index contributed by atoms with van der Waals surface area (Å²) in [5, 5.41) is 12.5. The van der Waals surface area contributed by atoms with Crippen molar-refractivity contribution in [1.82, 2.24) is 0 Å². The normalized spacial score (nSPS) is 17.9. The molecule has 0 saturated heterocycles. The molecule has 1 aromatic rings. The van der Waals surface area contributed by atoms with E-state index < -0.39 is 11.5 Å². The van der Waals surface area contributed by atoms with Gasteiger partial charge in [0.05, 0.1) is 6.61 Å². The molecule has 1 atom stereocenters. The monoisotopic (exact) mass is 249 g/mol. The minimum absolute atomic E-state index is 0.214. The van der Waals surface area contributed by atoms with Crippen LogP contribution in [0.15, 0.2) is 24.3 Å². The zero-order valence-corrected chi connectivity index (χ0v) is 10.8. The number of ether oxygens (including phenoxy) is 1. The van der Waals surface area contributed by atoms with E-state index in [2.05, 4.69) is 5.32 Å². The summed E-state index contributed by atoms with van der Waals surface area (Å²) < 4.78 is 5.41. The Labute approximate surface area is 107 Å².